The van der Waals surface area contributed by atoms with Crippen molar-refractivity contribution in [2.75, 3.05) is 13.1 Å². The lowest BCUT2D eigenvalue weighted by Crippen LogP contribution is -2.33. The number of hydrogen-bond donors (Lipinski definition) is 0. The summed E-state index contributed by atoms with van der Waals surface area (Å²) in [4.78, 5) is 2.34. The first kappa shape index (κ1) is 16.9. The molecule has 2 aromatic heterocycles. The van der Waals surface area contributed by atoms with E-state index in [1.165, 1.54) is 31.4 Å². The van der Waals surface area contributed by atoms with Gasteiger partial charge in [0.2, 0.25) is 11.8 Å². The Hall–Kier alpha value is -2.54. The Labute approximate surface area is 151 Å². The second kappa shape index (κ2) is 7.78. The molecule has 4 rings (SSSR count). The third-order valence-electron chi connectivity index (χ3n) is 4.93. The topological polar surface area (TPSA) is 60.0 Å². The number of likely N-dealkylation sites (tertiary alicyclic amines) is 1. The fraction of sp³-hybridized carbons (Fsp3) is 0.421. The minimum absolute atomic E-state index is 0.306. The number of aromatic nitrogens is 4. The molecule has 0 spiro atoms. The van der Waals surface area contributed by atoms with E-state index in [9.17, 15) is 4.39 Å². The third kappa shape index (κ3) is 4.16. The van der Waals surface area contributed by atoms with Crippen LogP contribution in [-0.4, -0.2) is 38.0 Å². The van der Waals surface area contributed by atoms with Crippen molar-refractivity contribution in [3.05, 3.63) is 54.4 Å². The van der Waals surface area contributed by atoms with Crippen molar-refractivity contribution in [3.8, 4) is 11.5 Å². The molecule has 1 aliphatic rings. The number of rotatable bonds is 6. The molecule has 1 fully saturated rings. The van der Waals surface area contributed by atoms with Crippen molar-refractivity contribution in [1.29, 1.82) is 0 Å². The van der Waals surface area contributed by atoms with Crippen LogP contribution >= 0.6 is 0 Å². The maximum Gasteiger partial charge on any atom is 0.247 e. The molecule has 6 nitrogen and oxygen atoms in total. The van der Waals surface area contributed by atoms with Crippen molar-refractivity contribution in [3.63, 3.8) is 0 Å². The standard InChI is InChI=1S/C19H22FN5O/c20-17-4-1-3-16(13-17)19-23-22-18(26-19)14-24-10-5-15(6-11-24)7-12-25-9-2-8-21-25/h1-4,8-9,13,15H,5-7,10-12,14H2. The molecule has 0 amide bonds. The molecule has 1 saturated heterocycles. The fourth-order valence-corrected chi connectivity index (χ4v) is 3.43. The zero-order chi connectivity index (χ0) is 17.8. The van der Waals surface area contributed by atoms with Crippen LogP contribution in [0, 0.1) is 11.7 Å². The van der Waals surface area contributed by atoms with E-state index in [2.05, 4.69) is 20.2 Å². The van der Waals surface area contributed by atoms with Gasteiger partial charge in [-0.05, 0) is 62.5 Å². The van der Waals surface area contributed by atoms with Crippen molar-refractivity contribution in [1.82, 2.24) is 24.9 Å². The van der Waals surface area contributed by atoms with Gasteiger partial charge in [-0.3, -0.25) is 9.58 Å². The van der Waals surface area contributed by atoms with Gasteiger partial charge in [0.05, 0.1) is 6.54 Å². The summed E-state index contributed by atoms with van der Waals surface area (Å²) < 4.78 is 21.0. The highest BCUT2D eigenvalue weighted by molar-refractivity contribution is 5.52. The van der Waals surface area contributed by atoms with Crippen LogP contribution in [0.4, 0.5) is 4.39 Å². The van der Waals surface area contributed by atoms with Crippen molar-refractivity contribution < 1.29 is 8.81 Å². The highest BCUT2D eigenvalue weighted by Crippen LogP contribution is 2.23. The molecule has 3 aromatic rings. The molecule has 0 aliphatic carbocycles. The van der Waals surface area contributed by atoms with Crippen molar-refractivity contribution in [2.24, 2.45) is 5.92 Å². The van der Waals surface area contributed by atoms with Crippen LogP contribution in [0.1, 0.15) is 25.2 Å². The summed E-state index contributed by atoms with van der Waals surface area (Å²) in [5, 5.41) is 12.4. The van der Waals surface area contributed by atoms with Gasteiger partial charge in [-0.2, -0.15) is 5.10 Å². The second-order valence-corrected chi connectivity index (χ2v) is 6.79. The first-order chi connectivity index (χ1) is 12.8. The van der Waals surface area contributed by atoms with E-state index in [1.54, 1.807) is 12.1 Å². The smallest absolute Gasteiger partial charge is 0.247 e. The molecular formula is C19H22FN5O. The quantitative estimate of drug-likeness (QED) is 0.678. The van der Waals surface area contributed by atoms with Gasteiger partial charge < -0.3 is 4.42 Å². The average Bonchev–Trinajstić information content (AvgIpc) is 3.33. The number of piperidine rings is 1. The molecule has 7 heteroatoms. The van der Waals surface area contributed by atoms with Gasteiger partial charge >= 0.3 is 0 Å². The number of nitrogens with zero attached hydrogens (tertiary/aromatic N) is 5. The molecule has 136 valence electrons. The van der Waals surface area contributed by atoms with E-state index >= 15 is 0 Å². The lowest BCUT2D eigenvalue weighted by molar-refractivity contribution is 0.156. The van der Waals surface area contributed by atoms with Gasteiger partial charge in [0.25, 0.3) is 0 Å². The van der Waals surface area contributed by atoms with E-state index < -0.39 is 0 Å². The summed E-state index contributed by atoms with van der Waals surface area (Å²) in [5.41, 5.74) is 0.612. The Bertz CT molecular complexity index is 824. The van der Waals surface area contributed by atoms with Gasteiger partial charge in [0.1, 0.15) is 5.82 Å². The van der Waals surface area contributed by atoms with Crippen LogP contribution in [0.15, 0.2) is 47.1 Å². The molecule has 0 radical (unpaired) electrons. The molecule has 0 N–H and O–H groups in total. The number of aryl methyl sites for hydroxylation is 1. The number of halogens is 1. The molecule has 3 heterocycles. The molecule has 1 aliphatic heterocycles. The van der Waals surface area contributed by atoms with Crippen LogP contribution in [0.5, 0.6) is 0 Å². The van der Waals surface area contributed by atoms with Crippen LogP contribution in [-0.2, 0) is 13.1 Å². The minimum Gasteiger partial charge on any atom is -0.419 e. The molecule has 26 heavy (non-hydrogen) atoms. The average molecular weight is 355 g/mol. The summed E-state index contributed by atoms with van der Waals surface area (Å²) in [7, 11) is 0. The largest absolute Gasteiger partial charge is 0.419 e. The fourth-order valence-electron chi connectivity index (χ4n) is 3.43. The highest BCUT2D eigenvalue weighted by Gasteiger charge is 2.21. The molecule has 0 bridgehead atoms. The Morgan fingerprint density at radius 1 is 1.15 bits per heavy atom. The van der Waals surface area contributed by atoms with E-state index in [0.717, 1.165) is 25.6 Å². The van der Waals surface area contributed by atoms with E-state index in [-0.39, 0.29) is 5.82 Å². The lowest BCUT2D eigenvalue weighted by atomic mass is 9.93. The van der Waals surface area contributed by atoms with E-state index in [1.807, 2.05) is 23.1 Å². The Balaban J connectivity index is 1.27. The zero-order valence-electron chi connectivity index (χ0n) is 14.6. The molecular weight excluding hydrogens is 333 g/mol. The third-order valence-corrected chi connectivity index (χ3v) is 4.93. The van der Waals surface area contributed by atoms with Crippen LogP contribution in [0.2, 0.25) is 0 Å². The van der Waals surface area contributed by atoms with Gasteiger partial charge in [-0.1, -0.05) is 6.07 Å². The minimum atomic E-state index is -0.306. The van der Waals surface area contributed by atoms with Crippen molar-refractivity contribution >= 4 is 0 Å². The first-order valence-corrected chi connectivity index (χ1v) is 9.04. The van der Waals surface area contributed by atoms with Gasteiger partial charge in [0.15, 0.2) is 0 Å². The van der Waals surface area contributed by atoms with Gasteiger partial charge in [0, 0.05) is 24.5 Å². The van der Waals surface area contributed by atoms with E-state index in [4.69, 9.17) is 4.42 Å². The normalized spacial score (nSPS) is 16.2. The number of hydrogen-bond acceptors (Lipinski definition) is 5. The second-order valence-electron chi connectivity index (χ2n) is 6.79. The van der Waals surface area contributed by atoms with E-state index in [0.29, 0.717) is 23.9 Å². The Morgan fingerprint density at radius 3 is 2.81 bits per heavy atom. The summed E-state index contributed by atoms with van der Waals surface area (Å²) in [6, 6.07) is 8.18. The molecule has 0 saturated carbocycles. The zero-order valence-corrected chi connectivity index (χ0v) is 14.6. The van der Waals surface area contributed by atoms with Crippen LogP contribution < -0.4 is 0 Å². The maximum absolute atomic E-state index is 13.3. The summed E-state index contributed by atoms with van der Waals surface area (Å²) in [6.45, 7) is 3.69. The molecule has 1 aromatic carbocycles. The van der Waals surface area contributed by atoms with Gasteiger partial charge in [-0.25, -0.2) is 4.39 Å². The summed E-state index contributed by atoms with van der Waals surface area (Å²) in [6.07, 6.45) is 7.35. The summed E-state index contributed by atoms with van der Waals surface area (Å²) in [5.74, 6) is 1.38. The van der Waals surface area contributed by atoms with Gasteiger partial charge in [-0.15, -0.1) is 10.2 Å². The number of benzene rings is 1. The first-order valence-electron chi connectivity index (χ1n) is 9.04. The Morgan fingerprint density at radius 2 is 2.04 bits per heavy atom. The van der Waals surface area contributed by atoms with Crippen LogP contribution in [0.25, 0.3) is 11.5 Å². The predicted octanol–water partition coefficient (Wildman–Crippen LogP) is 3.37. The van der Waals surface area contributed by atoms with Crippen LogP contribution in [0.3, 0.4) is 0 Å². The van der Waals surface area contributed by atoms with Crippen molar-refractivity contribution in [2.45, 2.75) is 32.4 Å². The molecule has 0 atom stereocenters. The SMILES string of the molecule is Fc1cccc(-c2nnc(CN3CCC(CCn4cccn4)CC3)o2)c1. The monoisotopic (exact) mass is 355 g/mol. The Kier molecular flexibility index (Phi) is 5.06. The highest BCUT2D eigenvalue weighted by atomic mass is 19.1. The molecule has 0 unspecified atom stereocenters. The maximum atomic E-state index is 13.3. The predicted molar refractivity (Wildman–Crippen MR) is 94.5 cm³/mol. The summed E-state index contributed by atoms with van der Waals surface area (Å²) >= 11 is 0. The lowest BCUT2D eigenvalue weighted by Gasteiger charge is -2.30.